The highest BCUT2D eigenvalue weighted by Crippen LogP contribution is 2.23. The largest absolute Gasteiger partial charge is 0.494 e. The van der Waals surface area contributed by atoms with Crippen LogP contribution in [0.3, 0.4) is 0 Å². The van der Waals surface area contributed by atoms with E-state index in [2.05, 4.69) is 33.5 Å². The van der Waals surface area contributed by atoms with E-state index in [1.54, 1.807) is 25.3 Å². The molecule has 28 heavy (non-hydrogen) atoms. The van der Waals surface area contributed by atoms with Gasteiger partial charge in [0.15, 0.2) is 5.11 Å². The fourth-order valence-electron chi connectivity index (χ4n) is 2.23. The Hall–Kier alpha value is -2.16. The van der Waals surface area contributed by atoms with Crippen LogP contribution in [0.1, 0.15) is 23.7 Å². The van der Waals surface area contributed by atoms with Crippen molar-refractivity contribution in [2.24, 2.45) is 0 Å². The lowest BCUT2D eigenvalue weighted by molar-refractivity contribution is 0.0969. The first-order chi connectivity index (χ1) is 13.5. The van der Waals surface area contributed by atoms with E-state index < -0.39 is 0 Å². The molecule has 0 saturated heterocycles. The van der Waals surface area contributed by atoms with Gasteiger partial charge in [0.25, 0.3) is 5.91 Å². The van der Waals surface area contributed by atoms with Gasteiger partial charge in [0, 0.05) is 17.3 Å². The number of thiocarbonyl (C=S) groups is 1. The highest BCUT2D eigenvalue weighted by atomic mass is 79.9. The summed E-state index contributed by atoms with van der Waals surface area (Å²) in [5.74, 6) is 0.876. The topological polar surface area (TPSA) is 68.8 Å². The maximum absolute atomic E-state index is 12.6. The van der Waals surface area contributed by atoms with Crippen molar-refractivity contribution >= 4 is 44.9 Å². The van der Waals surface area contributed by atoms with Gasteiger partial charge in [-0.3, -0.25) is 10.1 Å². The summed E-state index contributed by atoms with van der Waals surface area (Å²) in [6.45, 7) is 3.49. The van der Waals surface area contributed by atoms with Gasteiger partial charge in [0.1, 0.15) is 18.1 Å². The minimum atomic E-state index is -0.367. The van der Waals surface area contributed by atoms with E-state index in [1.807, 2.05) is 24.3 Å². The third kappa shape index (κ3) is 7.10. The number of ether oxygens (including phenoxy) is 3. The summed E-state index contributed by atoms with van der Waals surface area (Å²) in [6.07, 6.45) is 0.947. The standard InChI is InChI=1S/C20H23BrN2O4S/c1-3-10-26-16-7-5-15(6-8-16)22-20(28)23-19(24)17-13-14(21)4-9-18(17)27-12-11-25-2/h4-9,13H,3,10-12H2,1-2H3,(H2,22,23,24,28). The Kier molecular flexibility index (Phi) is 9.19. The Labute approximate surface area is 178 Å². The average Bonchev–Trinajstić information content (AvgIpc) is 2.68. The molecule has 150 valence electrons. The van der Waals surface area contributed by atoms with E-state index in [0.29, 0.717) is 31.1 Å². The van der Waals surface area contributed by atoms with Gasteiger partial charge in [-0.1, -0.05) is 22.9 Å². The van der Waals surface area contributed by atoms with Crippen molar-refractivity contribution in [1.29, 1.82) is 0 Å². The normalized spacial score (nSPS) is 10.2. The van der Waals surface area contributed by atoms with E-state index in [0.717, 1.165) is 22.3 Å². The average molecular weight is 467 g/mol. The summed E-state index contributed by atoms with van der Waals surface area (Å²) in [4.78, 5) is 12.6. The quantitative estimate of drug-likeness (QED) is 0.421. The van der Waals surface area contributed by atoms with Crippen molar-refractivity contribution in [3.8, 4) is 11.5 Å². The molecular weight excluding hydrogens is 444 g/mol. The summed E-state index contributed by atoms with van der Waals surface area (Å²) in [5, 5.41) is 5.84. The minimum absolute atomic E-state index is 0.190. The van der Waals surface area contributed by atoms with Crippen LogP contribution in [0.5, 0.6) is 11.5 Å². The van der Waals surface area contributed by atoms with E-state index in [-0.39, 0.29) is 11.0 Å². The van der Waals surface area contributed by atoms with Crippen molar-refractivity contribution in [3.05, 3.63) is 52.5 Å². The number of nitrogens with one attached hydrogen (secondary N) is 2. The van der Waals surface area contributed by atoms with Crippen LogP contribution in [-0.2, 0) is 4.74 Å². The van der Waals surface area contributed by atoms with Crippen LogP contribution in [0, 0.1) is 0 Å². The SMILES string of the molecule is CCCOc1ccc(NC(=S)NC(=O)c2cc(Br)ccc2OCCOC)cc1. The lowest BCUT2D eigenvalue weighted by Gasteiger charge is -2.14. The van der Waals surface area contributed by atoms with Crippen molar-refractivity contribution in [2.75, 3.05) is 32.2 Å². The fraction of sp³-hybridized carbons (Fsp3) is 0.300. The van der Waals surface area contributed by atoms with Crippen LogP contribution < -0.4 is 20.1 Å². The number of carbonyl (C=O) groups excluding carboxylic acids is 1. The molecule has 2 aromatic rings. The van der Waals surface area contributed by atoms with Gasteiger partial charge in [-0.2, -0.15) is 0 Å². The van der Waals surface area contributed by atoms with E-state index in [1.165, 1.54) is 0 Å². The maximum atomic E-state index is 12.6. The number of benzene rings is 2. The number of halogens is 1. The molecule has 0 unspecified atom stereocenters. The molecule has 0 radical (unpaired) electrons. The zero-order valence-corrected chi connectivity index (χ0v) is 18.2. The predicted octanol–water partition coefficient (Wildman–Crippen LogP) is 4.39. The summed E-state index contributed by atoms with van der Waals surface area (Å²) < 4.78 is 16.9. The zero-order chi connectivity index (χ0) is 20.4. The number of anilines is 1. The molecule has 0 aromatic heterocycles. The van der Waals surface area contributed by atoms with Crippen molar-refractivity contribution in [3.63, 3.8) is 0 Å². The van der Waals surface area contributed by atoms with E-state index >= 15 is 0 Å². The molecule has 0 aliphatic heterocycles. The molecule has 1 amide bonds. The molecule has 0 fully saturated rings. The van der Waals surface area contributed by atoms with Gasteiger partial charge >= 0.3 is 0 Å². The summed E-state index contributed by atoms with van der Waals surface area (Å²) in [6, 6.07) is 12.6. The van der Waals surface area contributed by atoms with Crippen LogP contribution in [0.25, 0.3) is 0 Å². The maximum Gasteiger partial charge on any atom is 0.261 e. The van der Waals surface area contributed by atoms with Gasteiger partial charge in [0.2, 0.25) is 0 Å². The monoisotopic (exact) mass is 466 g/mol. The molecule has 0 aliphatic carbocycles. The Bertz CT molecular complexity index is 799. The predicted molar refractivity (Wildman–Crippen MR) is 117 cm³/mol. The Morgan fingerprint density at radius 3 is 2.50 bits per heavy atom. The highest BCUT2D eigenvalue weighted by Gasteiger charge is 2.15. The van der Waals surface area contributed by atoms with Gasteiger partial charge in [-0.05, 0) is 61.1 Å². The molecule has 0 bridgehead atoms. The molecule has 0 heterocycles. The molecule has 0 aliphatic rings. The first-order valence-corrected chi connectivity index (χ1v) is 10.00. The number of hydrogen-bond acceptors (Lipinski definition) is 5. The Balaban J connectivity index is 1.98. The molecule has 6 nitrogen and oxygen atoms in total. The lowest BCUT2D eigenvalue weighted by Crippen LogP contribution is -2.34. The molecule has 2 rings (SSSR count). The molecule has 2 N–H and O–H groups in total. The fourth-order valence-corrected chi connectivity index (χ4v) is 2.80. The lowest BCUT2D eigenvalue weighted by atomic mass is 10.2. The number of amides is 1. The van der Waals surface area contributed by atoms with Gasteiger partial charge in [-0.25, -0.2) is 0 Å². The molecule has 0 saturated carbocycles. The molecule has 0 atom stereocenters. The van der Waals surface area contributed by atoms with E-state index in [4.69, 9.17) is 26.4 Å². The number of rotatable bonds is 9. The second kappa shape index (κ2) is 11.6. The second-order valence-electron chi connectivity index (χ2n) is 5.76. The summed E-state index contributed by atoms with van der Waals surface area (Å²) >= 11 is 8.62. The van der Waals surface area contributed by atoms with Crippen LogP contribution in [0.4, 0.5) is 5.69 Å². The minimum Gasteiger partial charge on any atom is -0.494 e. The van der Waals surface area contributed by atoms with Crippen LogP contribution in [-0.4, -0.2) is 38.0 Å². The Morgan fingerprint density at radius 1 is 1.07 bits per heavy atom. The van der Waals surface area contributed by atoms with Gasteiger partial charge < -0.3 is 19.5 Å². The third-order valence-corrected chi connectivity index (χ3v) is 4.24. The molecule has 8 heteroatoms. The third-order valence-electron chi connectivity index (χ3n) is 3.54. The first kappa shape index (κ1) is 22.1. The molecular formula is C20H23BrN2O4S. The summed E-state index contributed by atoms with van der Waals surface area (Å²) in [5.41, 5.74) is 1.12. The highest BCUT2D eigenvalue weighted by molar-refractivity contribution is 9.10. The number of methoxy groups -OCH3 is 1. The van der Waals surface area contributed by atoms with Crippen molar-refractivity contribution in [1.82, 2.24) is 5.32 Å². The number of hydrogen-bond donors (Lipinski definition) is 2. The van der Waals surface area contributed by atoms with E-state index in [9.17, 15) is 4.79 Å². The van der Waals surface area contributed by atoms with Crippen molar-refractivity contribution < 1.29 is 19.0 Å². The van der Waals surface area contributed by atoms with Crippen molar-refractivity contribution in [2.45, 2.75) is 13.3 Å². The van der Waals surface area contributed by atoms with Gasteiger partial charge in [-0.15, -0.1) is 0 Å². The molecule has 2 aromatic carbocycles. The smallest absolute Gasteiger partial charge is 0.261 e. The first-order valence-electron chi connectivity index (χ1n) is 8.80. The molecule has 0 spiro atoms. The van der Waals surface area contributed by atoms with Crippen LogP contribution >= 0.6 is 28.1 Å². The Morgan fingerprint density at radius 2 is 1.82 bits per heavy atom. The van der Waals surface area contributed by atoms with Crippen LogP contribution in [0.2, 0.25) is 0 Å². The van der Waals surface area contributed by atoms with Gasteiger partial charge in [0.05, 0.1) is 18.8 Å². The zero-order valence-electron chi connectivity index (χ0n) is 15.8. The second-order valence-corrected chi connectivity index (χ2v) is 7.09. The van der Waals surface area contributed by atoms with Crippen LogP contribution in [0.15, 0.2) is 46.9 Å². The number of carbonyl (C=O) groups is 1. The summed E-state index contributed by atoms with van der Waals surface area (Å²) in [7, 11) is 1.59.